The van der Waals surface area contributed by atoms with Gasteiger partial charge in [0, 0.05) is 5.25 Å². The molecule has 3 N–H and O–H groups in total. The van der Waals surface area contributed by atoms with Crippen molar-refractivity contribution in [2.45, 2.75) is 44.4 Å². The van der Waals surface area contributed by atoms with E-state index in [1.54, 1.807) is 0 Å². The van der Waals surface area contributed by atoms with Gasteiger partial charge in [0.2, 0.25) is 0 Å². The van der Waals surface area contributed by atoms with E-state index in [1.807, 2.05) is 0 Å². The molecule has 1 saturated heterocycles. The van der Waals surface area contributed by atoms with Crippen LogP contribution in [0, 0.1) is 13.8 Å². The molecular weight excluding hydrogens is 228 g/mol. The summed E-state index contributed by atoms with van der Waals surface area (Å²) in [6.45, 7) is 4.32. The molecule has 0 radical (unpaired) electrons. The maximum atomic E-state index is 5.78. The molecule has 0 amide bonds. The van der Waals surface area contributed by atoms with Crippen molar-refractivity contribution in [1.29, 1.82) is 0 Å². The number of nitrogens with one attached hydrogen (secondary N) is 1. The summed E-state index contributed by atoms with van der Waals surface area (Å²) in [7, 11) is 0. The average Bonchev–Trinajstić information content (AvgIpc) is 2.34. The topological polar surface area (TPSA) is 38.0 Å². The summed E-state index contributed by atoms with van der Waals surface area (Å²) in [6, 6.07) is 6.94. The second kappa shape index (κ2) is 5.89. The minimum atomic E-state index is 0.292. The second-order valence-corrected chi connectivity index (χ2v) is 6.26. The summed E-state index contributed by atoms with van der Waals surface area (Å²) >= 11 is 2.06. The van der Waals surface area contributed by atoms with Gasteiger partial charge in [-0.25, -0.2) is 0 Å². The van der Waals surface area contributed by atoms with Gasteiger partial charge in [0.15, 0.2) is 0 Å². The molecule has 1 aliphatic heterocycles. The first-order valence-electron chi connectivity index (χ1n) is 6.37. The molecule has 0 spiro atoms. The van der Waals surface area contributed by atoms with Crippen LogP contribution in [0.2, 0.25) is 0 Å². The van der Waals surface area contributed by atoms with Crippen molar-refractivity contribution in [2.75, 3.05) is 5.75 Å². The summed E-state index contributed by atoms with van der Waals surface area (Å²) in [5.41, 5.74) is 7.05. The van der Waals surface area contributed by atoms with Gasteiger partial charge in [-0.2, -0.15) is 11.8 Å². The standard InChI is InChI=1S/C14H22N2S/c1-10-6-7-12(11(2)9-10)14(16-15)13-5-3-4-8-17-13/h6-7,9,13-14,16H,3-5,8,15H2,1-2H3. The van der Waals surface area contributed by atoms with Crippen LogP contribution in [-0.2, 0) is 0 Å². The molecule has 2 nitrogen and oxygen atoms in total. The number of rotatable bonds is 3. The molecule has 2 atom stereocenters. The number of aryl methyl sites for hydroxylation is 2. The molecule has 0 aliphatic carbocycles. The van der Waals surface area contributed by atoms with Crippen molar-refractivity contribution in [3.05, 3.63) is 34.9 Å². The number of nitrogens with two attached hydrogens (primary N) is 1. The largest absolute Gasteiger partial charge is 0.271 e. The van der Waals surface area contributed by atoms with E-state index in [0.717, 1.165) is 0 Å². The van der Waals surface area contributed by atoms with E-state index in [4.69, 9.17) is 5.84 Å². The molecular formula is C14H22N2S. The van der Waals surface area contributed by atoms with Crippen LogP contribution < -0.4 is 11.3 Å². The van der Waals surface area contributed by atoms with Gasteiger partial charge in [0.25, 0.3) is 0 Å². The van der Waals surface area contributed by atoms with E-state index in [9.17, 15) is 0 Å². The summed E-state index contributed by atoms with van der Waals surface area (Å²) in [5.74, 6) is 7.05. The Kier molecular flexibility index (Phi) is 4.48. The highest BCUT2D eigenvalue weighted by molar-refractivity contribution is 8.00. The molecule has 3 heteroatoms. The zero-order chi connectivity index (χ0) is 12.3. The number of thioether (sulfide) groups is 1. The van der Waals surface area contributed by atoms with Gasteiger partial charge in [-0.05, 0) is 43.6 Å². The summed E-state index contributed by atoms with van der Waals surface area (Å²) < 4.78 is 0. The molecule has 1 heterocycles. The van der Waals surface area contributed by atoms with Gasteiger partial charge in [-0.3, -0.25) is 11.3 Å². The van der Waals surface area contributed by atoms with Crippen LogP contribution in [0.1, 0.15) is 42.0 Å². The normalized spacial score (nSPS) is 22.4. The Morgan fingerprint density at radius 1 is 1.35 bits per heavy atom. The molecule has 1 fully saturated rings. The van der Waals surface area contributed by atoms with Crippen LogP contribution in [0.5, 0.6) is 0 Å². The van der Waals surface area contributed by atoms with Crippen LogP contribution in [0.4, 0.5) is 0 Å². The maximum Gasteiger partial charge on any atom is 0.0581 e. The first-order valence-corrected chi connectivity index (χ1v) is 7.42. The van der Waals surface area contributed by atoms with E-state index in [2.05, 4.69) is 49.2 Å². The minimum absolute atomic E-state index is 0.292. The third kappa shape index (κ3) is 3.03. The quantitative estimate of drug-likeness (QED) is 0.639. The maximum absolute atomic E-state index is 5.78. The van der Waals surface area contributed by atoms with Crippen molar-refractivity contribution in [1.82, 2.24) is 5.43 Å². The Hall–Kier alpha value is -0.510. The van der Waals surface area contributed by atoms with E-state index >= 15 is 0 Å². The van der Waals surface area contributed by atoms with Crippen LogP contribution in [0.25, 0.3) is 0 Å². The second-order valence-electron chi connectivity index (χ2n) is 4.91. The molecule has 0 saturated carbocycles. The Morgan fingerprint density at radius 2 is 2.18 bits per heavy atom. The number of hydrazine groups is 1. The molecule has 2 unspecified atom stereocenters. The zero-order valence-electron chi connectivity index (χ0n) is 10.7. The molecule has 0 aromatic heterocycles. The van der Waals surface area contributed by atoms with Gasteiger partial charge in [0.05, 0.1) is 6.04 Å². The lowest BCUT2D eigenvalue weighted by Crippen LogP contribution is -2.36. The Bertz CT molecular complexity index is 372. The van der Waals surface area contributed by atoms with Gasteiger partial charge in [-0.1, -0.05) is 30.2 Å². The van der Waals surface area contributed by atoms with Gasteiger partial charge in [-0.15, -0.1) is 0 Å². The lowest BCUT2D eigenvalue weighted by Gasteiger charge is -2.30. The highest BCUT2D eigenvalue weighted by Gasteiger charge is 2.25. The summed E-state index contributed by atoms with van der Waals surface area (Å²) in [5, 5.41) is 0.621. The van der Waals surface area contributed by atoms with Crippen LogP contribution in [0.15, 0.2) is 18.2 Å². The molecule has 0 bridgehead atoms. The first-order chi connectivity index (χ1) is 8.22. The van der Waals surface area contributed by atoms with Gasteiger partial charge < -0.3 is 0 Å². The fourth-order valence-electron chi connectivity index (χ4n) is 2.60. The minimum Gasteiger partial charge on any atom is -0.271 e. The lowest BCUT2D eigenvalue weighted by molar-refractivity contribution is 0.490. The highest BCUT2D eigenvalue weighted by atomic mass is 32.2. The molecule has 1 aliphatic rings. The first kappa shape index (κ1) is 12.9. The smallest absolute Gasteiger partial charge is 0.0581 e. The lowest BCUT2D eigenvalue weighted by atomic mass is 9.95. The summed E-state index contributed by atoms with van der Waals surface area (Å²) in [6.07, 6.45) is 3.96. The fraction of sp³-hybridized carbons (Fsp3) is 0.571. The highest BCUT2D eigenvalue weighted by Crippen LogP contribution is 2.35. The van der Waals surface area contributed by atoms with Crippen molar-refractivity contribution < 1.29 is 0 Å². The average molecular weight is 250 g/mol. The third-order valence-corrected chi connectivity index (χ3v) is 4.99. The van der Waals surface area contributed by atoms with Crippen molar-refractivity contribution in [3.63, 3.8) is 0 Å². The predicted molar refractivity (Wildman–Crippen MR) is 76.1 cm³/mol. The number of benzene rings is 1. The van der Waals surface area contributed by atoms with Crippen LogP contribution in [0.3, 0.4) is 0 Å². The van der Waals surface area contributed by atoms with Crippen molar-refractivity contribution >= 4 is 11.8 Å². The molecule has 2 rings (SSSR count). The Morgan fingerprint density at radius 3 is 2.76 bits per heavy atom. The van der Waals surface area contributed by atoms with E-state index in [0.29, 0.717) is 11.3 Å². The monoisotopic (exact) mass is 250 g/mol. The van der Waals surface area contributed by atoms with Gasteiger partial charge >= 0.3 is 0 Å². The van der Waals surface area contributed by atoms with Crippen LogP contribution >= 0.6 is 11.8 Å². The third-order valence-electron chi connectivity index (χ3n) is 3.53. The SMILES string of the molecule is Cc1ccc(C(NN)C2CCCCS2)c(C)c1. The molecule has 17 heavy (non-hydrogen) atoms. The summed E-state index contributed by atoms with van der Waals surface area (Å²) in [4.78, 5) is 0. The Labute approximate surface area is 108 Å². The van der Waals surface area contributed by atoms with Crippen molar-refractivity contribution in [3.8, 4) is 0 Å². The fourth-order valence-corrected chi connectivity index (χ4v) is 4.02. The van der Waals surface area contributed by atoms with Crippen LogP contribution in [-0.4, -0.2) is 11.0 Å². The van der Waals surface area contributed by atoms with E-state index in [1.165, 1.54) is 41.7 Å². The molecule has 94 valence electrons. The number of hydrogen-bond donors (Lipinski definition) is 2. The Balaban J connectivity index is 2.21. The van der Waals surface area contributed by atoms with E-state index < -0.39 is 0 Å². The van der Waals surface area contributed by atoms with Crippen molar-refractivity contribution in [2.24, 2.45) is 5.84 Å². The zero-order valence-corrected chi connectivity index (χ0v) is 11.5. The molecule has 1 aromatic rings. The molecule has 1 aromatic carbocycles. The van der Waals surface area contributed by atoms with Gasteiger partial charge in [0.1, 0.15) is 0 Å². The van der Waals surface area contributed by atoms with E-state index in [-0.39, 0.29) is 0 Å². The number of hydrogen-bond acceptors (Lipinski definition) is 3. The predicted octanol–water partition coefficient (Wildman–Crippen LogP) is 3.09.